The molecule has 26 heavy (non-hydrogen) atoms. The minimum absolute atomic E-state index is 0.117. The number of halogens is 1. The van der Waals surface area contributed by atoms with E-state index in [1.165, 1.54) is 11.8 Å². The molecule has 2 amide bonds. The van der Waals surface area contributed by atoms with Crippen LogP contribution in [0.5, 0.6) is 0 Å². The smallest absolute Gasteiger partial charge is 0.409 e. The third-order valence-corrected chi connectivity index (χ3v) is 4.92. The summed E-state index contributed by atoms with van der Waals surface area (Å²) in [5.74, 6) is -0.604. The SMILES string of the molecule is CCOC(=O)N1CCN(C(=O)COC(=O)CSc2ccc(Cl)cc2)CC1. The third-order valence-electron chi connectivity index (χ3n) is 3.69. The number of carbonyl (C=O) groups excluding carboxylic acids is 3. The number of amides is 2. The third kappa shape index (κ3) is 6.42. The number of carbonyl (C=O) groups is 3. The first-order valence-electron chi connectivity index (χ1n) is 8.23. The zero-order valence-electron chi connectivity index (χ0n) is 14.5. The first-order chi connectivity index (χ1) is 12.5. The van der Waals surface area contributed by atoms with Crippen molar-refractivity contribution in [3.63, 3.8) is 0 Å². The maximum atomic E-state index is 12.1. The fraction of sp³-hybridized carbons (Fsp3) is 0.471. The number of ether oxygens (including phenoxy) is 2. The van der Waals surface area contributed by atoms with E-state index in [1.54, 1.807) is 28.9 Å². The number of benzene rings is 1. The van der Waals surface area contributed by atoms with Gasteiger partial charge in [0.25, 0.3) is 5.91 Å². The fourth-order valence-corrected chi connectivity index (χ4v) is 3.12. The second kappa shape index (κ2) is 10.3. The van der Waals surface area contributed by atoms with Crippen LogP contribution in [0.25, 0.3) is 0 Å². The largest absolute Gasteiger partial charge is 0.455 e. The van der Waals surface area contributed by atoms with Crippen LogP contribution >= 0.6 is 23.4 Å². The lowest BCUT2D eigenvalue weighted by Crippen LogP contribution is -2.51. The summed E-state index contributed by atoms with van der Waals surface area (Å²) in [6, 6.07) is 7.12. The van der Waals surface area contributed by atoms with Gasteiger partial charge < -0.3 is 19.3 Å². The normalized spacial score (nSPS) is 14.1. The topological polar surface area (TPSA) is 76.2 Å². The van der Waals surface area contributed by atoms with Gasteiger partial charge in [-0.2, -0.15) is 0 Å². The summed E-state index contributed by atoms with van der Waals surface area (Å²) in [6.07, 6.45) is -0.370. The van der Waals surface area contributed by atoms with Crippen molar-refractivity contribution >= 4 is 41.3 Å². The van der Waals surface area contributed by atoms with Crippen LogP contribution in [-0.2, 0) is 19.1 Å². The molecule has 0 aliphatic carbocycles. The summed E-state index contributed by atoms with van der Waals surface area (Å²) in [7, 11) is 0. The number of esters is 1. The summed E-state index contributed by atoms with van der Waals surface area (Å²) < 4.78 is 9.96. The molecule has 1 aliphatic rings. The van der Waals surface area contributed by atoms with Gasteiger partial charge in [0, 0.05) is 36.1 Å². The lowest BCUT2D eigenvalue weighted by molar-refractivity contribution is -0.150. The molecule has 0 bridgehead atoms. The molecular formula is C17H21ClN2O5S. The Morgan fingerprint density at radius 2 is 1.65 bits per heavy atom. The zero-order valence-corrected chi connectivity index (χ0v) is 16.1. The van der Waals surface area contributed by atoms with Gasteiger partial charge >= 0.3 is 12.1 Å². The van der Waals surface area contributed by atoms with Gasteiger partial charge in [-0.25, -0.2) is 4.79 Å². The summed E-state index contributed by atoms with van der Waals surface area (Å²) in [5, 5.41) is 0.630. The molecule has 1 saturated heterocycles. The van der Waals surface area contributed by atoms with Gasteiger partial charge in [-0.15, -0.1) is 11.8 Å². The van der Waals surface area contributed by atoms with Crippen LogP contribution in [0.3, 0.4) is 0 Å². The number of piperazine rings is 1. The molecular weight excluding hydrogens is 380 g/mol. The summed E-state index contributed by atoms with van der Waals surface area (Å²) in [6.45, 7) is 3.39. The molecule has 0 radical (unpaired) electrons. The van der Waals surface area contributed by atoms with Crippen LogP contribution in [0.2, 0.25) is 5.02 Å². The highest BCUT2D eigenvalue weighted by Crippen LogP contribution is 2.20. The number of nitrogens with zero attached hydrogens (tertiary/aromatic N) is 2. The number of hydrogen-bond acceptors (Lipinski definition) is 6. The highest BCUT2D eigenvalue weighted by atomic mass is 35.5. The quantitative estimate of drug-likeness (QED) is 0.538. The van der Waals surface area contributed by atoms with Gasteiger partial charge in [0.15, 0.2) is 6.61 Å². The van der Waals surface area contributed by atoms with Crippen molar-refractivity contribution in [2.75, 3.05) is 45.1 Å². The Morgan fingerprint density at radius 3 is 2.27 bits per heavy atom. The predicted octanol–water partition coefficient (Wildman–Crippen LogP) is 2.28. The average molecular weight is 401 g/mol. The molecule has 1 aromatic carbocycles. The molecule has 0 atom stereocenters. The maximum absolute atomic E-state index is 12.1. The van der Waals surface area contributed by atoms with Crippen molar-refractivity contribution < 1.29 is 23.9 Å². The van der Waals surface area contributed by atoms with Crippen molar-refractivity contribution in [3.05, 3.63) is 29.3 Å². The van der Waals surface area contributed by atoms with Crippen molar-refractivity contribution in [2.24, 2.45) is 0 Å². The molecule has 9 heteroatoms. The maximum Gasteiger partial charge on any atom is 0.409 e. The van der Waals surface area contributed by atoms with Crippen LogP contribution in [0, 0.1) is 0 Å². The van der Waals surface area contributed by atoms with E-state index in [2.05, 4.69) is 0 Å². The lowest BCUT2D eigenvalue weighted by atomic mass is 10.3. The molecule has 0 N–H and O–H groups in total. The highest BCUT2D eigenvalue weighted by molar-refractivity contribution is 8.00. The Labute approximate surface area is 161 Å². The Balaban J connectivity index is 1.66. The van der Waals surface area contributed by atoms with E-state index in [0.717, 1.165) is 4.90 Å². The van der Waals surface area contributed by atoms with Gasteiger partial charge in [-0.1, -0.05) is 11.6 Å². The van der Waals surface area contributed by atoms with Crippen LogP contribution < -0.4 is 0 Å². The highest BCUT2D eigenvalue weighted by Gasteiger charge is 2.25. The molecule has 1 fully saturated rings. The monoisotopic (exact) mass is 400 g/mol. The van der Waals surface area contributed by atoms with E-state index in [0.29, 0.717) is 37.8 Å². The van der Waals surface area contributed by atoms with Gasteiger partial charge in [0.2, 0.25) is 0 Å². The molecule has 0 spiro atoms. The predicted molar refractivity (Wildman–Crippen MR) is 98.3 cm³/mol. The van der Waals surface area contributed by atoms with Gasteiger partial charge in [0.1, 0.15) is 0 Å². The van der Waals surface area contributed by atoms with Crippen molar-refractivity contribution in [1.82, 2.24) is 9.80 Å². The molecule has 7 nitrogen and oxygen atoms in total. The first kappa shape index (κ1) is 20.4. The molecule has 2 rings (SSSR count). The summed E-state index contributed by atoms with van der Waals surface area (Å²) in [4.78, 5) is 39.5. The first-order valence-corrected chi connectivity index (χ1v) is 9.59. The zero-order chi connectivity index (χ0) is 18.9. The molecule has 1 aromatic rings. The fourth-order valence-electron chi connectivity index (χ4n) is 2.30. The van der Waals surface area contributed by atoms with Crippen LogP contribution in [-0.4, -0.2) is 72.9 Å². The molecule has 142 valence electrons. The van der Waals surface area contributed by atoms with Crippen LogP contribution in [0.4, 0.5) is 4.79 Å². The van der Waals surface area contributed by atoms with Crippen molar-refractivity contribution in [2.45, 2.75) is 11.8 Å². The molecule has 1 heterocycles. The Hall–Kier alpha value is -1.93. The van der Waals surface area contributed by atoms with E-state index in [4.69, 9.17) is 21.1 Å². The Bertz CT molecular complexity index is 633. The summed E-state index contributed by atoms with van der Waals surface area (Å²) in [5.41, 5.74) is 0. The summed E-state index contributed by atoms with van der Waals surface area (Å²) >= 11 is 7.12. The molecule has 0 unspecified atom stereocenters. The van der Waals surface area contributed by atoms with Crippen molar-refractivity contribution in [1.29, 1.82) is 0 Å². The van der Waals surface area contributed by atoms with E-state index < -0.39 is 5.97 Å². The number of rotatable bonds is 6. The van der Waals surface area contributed by atoms with E-state index in [-0.39, 0.29) is 24.4 Å². The van der Waals surface area contributed by atoms with Crippen molar-refractivity contribution in [3.8, 4) is 0 Å². The van der Waals surface area contributed by atoms with E-state index in [9.17, 15) is 14.4 Å². The standard InChI is InChI=1S/C17H21ClN2O5S/c1-2-24-17(23)20-9-7-19(8-10-20)15(21)11-25-16(22)12-26-14-5-3-13(18)4-6-14/h3-6H,2,7-12H2,1H3. The van der Waals surface area contributed by atoms with E-state index in [1.807, 2.05) is 12.1 Å². The number of thioether (sulfide) groups is 1. The van der Waals surface area contributed by atoms with Crippen LogP contribution in [0.1, 0.15) is 6.92 Å². The lowest BCUT2D eigenvalue weighted by Gasteiger charge is -2.33. The van der Waals surface area contributed by atoms with Gasteiger partial charge in [-0.3, -0.25) is 9.59 Å². The van der Waals surface area contributed by atoms with Crippen LogP contribution in [0.15, 0.2) is 29.2 Å². The second-order valence-electron chi connectivity index (χ2n) is 5.47. The molecule has 0 aromatic heterocycles. The second-order valence-corrected chi connectivity index (χ2v) is 6.96. The molecule has 1 aliphatic heterocycles. The van der Waals surface area contributed by atoms with E-state index >= 15 is 0 Å². The molecule has 0 saturated carbocycles. The average Bonchev–Trinajstić information content (AvgIpc) is 2.66. The minimum atomic E-state index is -0.455. The Morgan fingerprint density at radius 1 is 1.04 bits per heavy atom. The van der Waals surface area contributed by atoms with Gasteiger partial charge in [-0.05, 0) is 31.2 Å². The minimum Gasteiger partial charge on any atom is -0.455 e. The number of hydrogen-bond donors (Lipinski definition) is 0. The van der Waals surface area contributed by atoms with Gasteiger partial charge in [0.05, 0.1) is 12.4 Å². The Kier molecular flexibility index (Phi) is 8.06.